The van der Waals surface area contributed by atoms with Crippen LogP contribution in [0.2, 0.25) is 5.02 Å². The lowest BCUT2D eigenvalue weighted by Crippen LogP contribution is -2.34. The Kier molecular flexibility index (Phi) is 3.78. The fourth-order valence-electron chi connectivity index (χ4n) is 2.16. The zero-order chi connectivity index (χ0) is 12.3. The Morgan fingerprint density at radius 3 is 2.88 bits per heavy atom. The van der Waals surface area contributed by atoms with Crippen molar-refractivity contribution < 1.29 is 4.79 Å². The largest absolute Gasteiger partial charge is 0.312 e. The van der Waals surface area contributed by atoms with Crippen LogP contribution in [0, 0.1) is 17.2 Å². The number of hydrogen-bond donors (Lipinski definition) is 1. The molecule has 1 heterocycles. The van der Waals surface area contributed by atoms with Crippen LogP contribution in [0.15, 0.2) is 24.3 Å². The Bertz CT molecular complexity index is 461. The minimum atomic E-state index is -0.641. The molecule has 0 saturated carbocycles. The highest BCUT2D eigenvalue weighted by Crippen LogP contribution is 2.23. The second-order valence-corrected chi connectivity index (χ2v) is 4.56. The number of benzene rings is 1. The molecule has 2 atom stereocenters. The molecule has 3 nitrogen and oxygen atoms in total. The van der Waals surface area contributed by atoms with Crippen molar-refractivity contribution in [1.29, 1.82) is 5.26 Å². The molecule has 0 aromatic heterocycles. The predicted octanol–water partition coefficient (Wildman–Crippen LogP) is 2.41. The smallest absolute Gasteiger partial charge is 0.183 e. The summed E-state index contributed by atoms with van der Waals surface area (Å²) in [4.78, 5) is 12.2. The lowest BCUT2D eigenvalue weighted by Gasteiger charge is -2.16. The van der Waals surface area contributed by atoms with Gasteiger partial charge in [0.15, 0.2) is 5.78 Å². The van der Waals surface area contributed by atoms with Gasteiger partial charge in [-0.05, 0) is 31.5 Å². The zero-order valence-corrected chi connectivity index (χ0v) is 10.1. The van der Waals surface area contributed by atoms with E-state index in [0.717, 1.165) is 19.4 Å². The third kappa shape index (κ3) is 2.49. The number of rotatable bonds is 3. The number of nitrogens with one attached hydrogen (secondary N) is 1. The van der Waals surface area contributed by atoms with Gasteiger partial charge in [0.1, 0.15) is 5.92 Å². The third-order valence-electron chi connectivity index (χ3n) is 3.06. The number of nitriles is 1. The molecular formula is C13H13ClN2O. The van der Waals surface area contributed by atoms with E-state index in [0.29, 0.717) is 10.6 Å². The van der Waals surface area contributed by atoms with Crippen molar-refractivity contribution in [2.75, 3.05) is 6.54 Å². The van der Waals surface area contributed by atoms with Crippen LogP contribution in [-0.4, -0.2) is 18.4 Å². The minimum absolute atomic E-state index is 0.0382. The Balaban J connectivity index is 2.24. The minimum Gasteiger partial charge on any atom is -0.312 e. The van der Waals surface area contributed by atoms with Crippen LogP contribution < -0.4 is 5.32 Å². The molecule has 1 aromatic carbocycles. The summed E-state index contributed by atoms with van der Waals surface area (Å²) >= 11 is 5.98. The number of carbonyl (C=O) groups excluding carboxylic acids is 1. The lowest BCUT2D eigenvalue weighted by molar-refractivity contribution is 0.0931. The summed E-state index contributed by atoms with van der Waals surface area (Å²) in [7, 11) is 0. The standard InChI is InChI=1S/C13H13ClN2O/c14-11-5-2-1-4-9(11)13(17)10(8-15)12-6-3-7-16-12/h1-2,4-5,10,12,16H,3,6-7H2. The molecule has 0 bridgehead atoms. The first-order chi connectivity index (χ1) is 8.24. The summed E-state index contributed by atoms with van der Waals surface area (Å²) in [5, 5.41) is 12.8. The first kappa shape index (κ1) is 12.1. The molecule has 4 heteroatoms. The molecule has 1 fully saturated rings. The highest BCUT2D eigenvalue weighted by molar-refractivity contribution is 6.34. The third-order valence-corrected chi connectivity index (χ3v) is 3.39. The first-order valence-corrected chi connectivity index (χ1v) is 6.03. The summed E-state index contributed by atoms with van der Waals surface area (Å²) in [5.74, 6) is -0.824. The second-order valence-electron chi connectivity index (χ2n) is 4.15. The molecule has 1 aromatic rings. The van der Waals surface area contributed by atoms with Crippen molar-refractivity contribution in [2.45, 2.75) is 18.9 Å². The molecule has 0 amide bonds. The van der Waals surface area contributed by atoms with Crippen molar-refractivity contribution >= 4 is 17.4 Å². The molecule has 0 spiro atoms. The molecule has 2 unspecified atom stereocenters. The van der Waals surface area contributed by atoms with E-state index in [9.17, 15) is 4.79 Å². The number of carbonyl (C=O) groups is 1. The number of Topliss-reactive ketones (excluding diaryl/α,β-unsaturated/α-hetero) is 1. The van der Waals surface area contributed by atoms with Gasteiger partial charge in [-0.25, -0.2) is 0 Å². The van der Waals surface area contributed by atoms with Gasteiger partial charge in [-0.15, -0.1) is 0 Å². The molecule has 1 aliphatic rings. The molecule has 1 aliphatic heterocycles. The highest BCUT2D eigenvalue weighted by atomic mass is 35.5. The molecule has 17 heavy (non-hydrogen) atoms. The fourth-order valence-corrected chi connectivity index (χ4v) is 2.38. The quantitative estimate of drug-likeness (QED) is 0.836. The van der Waals surface area contributed by atoms with E-state index in [1.54, 1.807) is 24.3 Å². The Labute approximate surface area is 105 Å². The van der Waals surface area contributed by atoms with Gasteiger partial charge in [0, 0.05) is 11.6 Å². The van der Waals surface area contributed by atoms with Crippen LogP contribution in [0.25, 0.3) is 0 Å². The van der Waals surface area contributed by atoms with E-state index in [1.807, 2.05) is 0 Å². The first-order valence-electron chi connectivity index (χ1n) is 5.66. The molecule has 1 N–H and O–H groups in total. The van der Waals surface area contributed by atoms with Gasteiger partial charge < -0.3 is 5.32 Å². The van der Waals surface area contributed by atoms with Crippen molar-refractivity contribution in [3.63, 3.8) is 0 Å². The van der Waals surface area contributed by atoms with Gasteiger partial charge in [0.2, 0.25) is 0 Å². The molecular weight excluding hydrogens is 236 g/mol. The summed E-state index contributed by atoms with van der Waals surface area (Å²) < 4.78 is 0. The molecule has 0 radical (unpaired) electrons. The number of ketones is 1. The number of hydrogen-bond acceptors (Lipinski definition) is 3. The molecule has 88 valence electrons. The van der Waals surface area contributed by atoms with Gasteiger partial charge in [-0.1, -0.05) is 23.7 Å². The Morgan fingerprint density at radius 1 is 1.53 bits per heavy atom. The number of nitrogens with zero attached hydrogens (tertiary/aromatic N) is 1. The highest BCUT2D eigenvalue weighted by Gasteiger charge is 2.31. The Hall–Kier alpha value is -1.37. The second kappa shape index (κ2) is 5.31. The van der Waals surface area contributed by atoms with Gasteiger partial charge >= 0.3 is 0 Å². The molecule has 1 saturated heterocycles. The van der Waals surface area contributed by atoms with Gasteiger partial charge in [-0.3, -0.25) is 4.79 Å². The predicted molar refractivity (Wildman–Crippen MR) is 65.9 cm³/mol. The monoisotopic (exact) mass is 248 g/mol. The average Bonchev–Trinajstić information content (AvgIpc) is 2.84. The van der Waals surface area contributed by atoms with E-state index in [-0.39, 0.29) is 11.8 Å². The number of halogens is 1. The van der Waals surface area contributed by atoms with Crippen molar-refractivity contribution in [2.24, 2.45) is 5.92 Å². The zero-order valence-electron chi connectivity index (χ0n) is 9.32. The normalized spacial score (nSPS) is 20.8. The van der Waals surface area contributed by atoms with E-state index in [2.05, 4.69) is 11.4 Å². The van der Waals surface area contributed by atoms with Crippen LogP contribution >= 0.6 is 11.6 Å². The van der Waals surface area contributed by atoms with Crippen LogP contribution in [0.1, 0.15) is 23.2 Å². The maximum absolute atomic E-state index is 12.2. The van der Waals surface area contributed by atoms with E-state index in [4.69, 9.17) is 16.9 Å². The Morgan fingerprint density at radius 2 is 2.29 bits per heavy atom. The molecule has 2 rings (SSSR count). The topological polar surface area (TPSA) is 52.9 Å². The van der Waals surface area contributed by atoms with Gasteiger partial charge in [0.05, 0.1) is 11.1 Å². The van der Waals surface area contributed by atoms with Crippen molar-refractivity contribution in [3.8, 4) is 6.07 Å². The summed E-state index contributed by atoms with van der Waals surface area (Å²) in [5.41, 5.74) is 0.439. The summed E-state index contributed by atoms with van der Waals surface area (Å²) in [6.45, 7) is 0.874. The lowest BCUT2D eigenvalue weighted by atomic mass is 9.91. The van der Waals surface area contributed by atoms with E-state index >= 15 is 0 Å². The van der Waals surface area contributed by atoms with Gasteiger partial charge in [0.25, 0.3) is 0 Å². The summed E-state index contributed by atoms with van der Waals surface area (Å²) in [6.07, 6.45) is 1.88. The van der Waals surface area contributed by atoms with Crippen LogP contribution in [-0.2, 0) is 0 Å². The van der Waals surface area contributed by atoms with Crippen LogP contribution in [0.3, 0.4) is 0 Å². The average molecular weight is 249 g/mol. The fraction of sp³-hybridized carbons (Fsp3) is 0.385. The summed E-state index contributed by atoms with van der Waals surface area (Å²) in [6, 6.07) is 8.93. The van der Waals surface area contributed by atoms with E-state index in [1.165, 1.54) is 0 Å². The maximum atomic E-state index is 12.2. The van der Waals surface area contributed by atoms with Crippen LogP contribution in [0.5, 0.6) is 0 Å². The molecule has 0 aliphatic carbocycles. The van der Waals surface area contributed by atoms with E-state index < -0.39 is 5.92 Å². The van der Waals surface area contributed by atoms with Gasteiger partial charge in [-0.2, -0.15) is 5.26 Å². The van der Waals surface area contributed by atoms with Crippen LogP contribution in [0.4, 0.5) is 0 Å². The van der Waals surface area contributed by atoms with Crippen molar-refractivity contribution in [1.82, 2.24) is 5.32 Å². The SMILES string of the molecule is N#CC(C(=O)c1ccccc1Cl)C1CCCN1. The maximum Gasteiger partial charge on any atom is 0.183 e. The van der Waals surface area contributed by atoms with Crippen molar-refractivity contribution in [3.05, 3.63) is 34.9 Å².